The van der Waals surface area contributed by atoms with E-state index in [-0.39, 0.29) is 18.1 Å². The van der Waals surface area contributed by atoms with Crippen LogP contribution in [0.1, 0.15) is 10.6 Å². The number of imidazole rings is 1. The first-order valence-electron chi connectivity index (χ1n) is 8.35. The van der Waals surface area contributed by atoms with Gasteiger partial charge in [-0.2, -0.15) is 5.26 Å². The van der Waals surface area contributed by atoms with Crippen molar-refractivity contribution in [3.63, 3.8) is 0 Å². The molecule has 2 rings (SSSR count). The van der Waals surface area contributed by atoms with Crippen molar-refractivity contribution in [1.29, 1.82) is 5.26 Å². The molecule has 1 heterocycles. The molecule has 0 saturated heterocycles. The van der Waals surface area contributed by atoms with Gasteiger partial charge in [0.2, 0.25) is 5.78 Å². The summed E-state index contributed by atoms with van der Waals surface area (Å²) in [4.78, 5) is 19.1. The Hall–Kier alpha value is -1.82. The molecular weight excluding hydrogens is 428 g/mol. The van der Waals surface area contributed by atoms with Crippen LogP contribution in [-0.4, -0.2) is 65.5 Å². The Kier molecular flexibility index (Phi) is 7.09. The molecule has 0 bridgehead atoms. The van der Waals surface area contributed by atoms with Crippen LogP contribution in [0.4, 0.5) is 0 Å². The van der Waals surface area contributed by atoms with Gasteiger partial charge in [-0.3, -0.25) is 9.36 Å². The summed E-state index contributed by atoms with van der Waals surface area (Å²) in [5, 5.41) is 9.38. The summed E-state index contributed by atoms with van der Waals surface area (Å²) in [6.45, 7) is 0.830. The van der Waals surface area contributed by atoms with Crippen LogP contribution in [0.3, 0.4) is 0 Å². The van der Waals surface area contributed by atoms with Crippen molar-refractivity contribution in [2.75, 3.05) is 45.2 Å². The molecule has 0 aliphatic rings. The van der Waals surface area contributed by atoms with Crippen LogP contribution in [0.15, 0.2) is 34.4 Å². The fourth-order valence-corrected chi connectivity index (χ4v) is 3.36. The highest BCUT2D eigenvalue weighted by Gasteiger charge is 2.22. The van der Waals surface area contributed by atoms with Crippen LogP contribution in [0.5, 0.6) is 0 Å². The van der Waals surface area contributed by atoms with E-state index in [1.165, 1.54) is 6.20 Å². The summed E-state index contributed by atoms with van der Waals surface area (Å²) >= 11 is 3.43. The average molecular weight is 453 g/mol. The van der Waals surface area contributed by atoms with Gasteiger partial charge in [0.15, 0.2) is 5.82 Å². The second kappa shape index (κ2) is 8.91. The van der Waals surface area contributed by atoms with Crippen LogP contribution in [0.2, 0.25) is 0 Å². The number of benzene rings is 1. The number of fused-ring (bicyclic) bond motifs is 1. The van der Waals surface area contributed by atoms with Gasteiger partial charge in [0.05, 0.1) is 17.6 Å². The molecule has 1 aromatic heterocycles. The van der Waals surface area contributed by atoms with E-state index in [0.29, 0.717) is 12.1 Å². The van der Waals surface area contributed by atoms with E-state index in [0.717, 1.165) is 15.7 Å². The molecule has 0 aliphatic heterocycles. The standard InChI is InChI=1S/C19H25BrN4O2S/c1-23(2)12-14(11-21)18(25)19-22-16-10-15(20)6-7-17(16)24(19)13-26-8-9-27(3,4)5/h6-7,10,12H,8-9,13H2,1-5H3/b14-12+. The number of halogens is 1. The molecule has 0 amide bonds. The molecule has 0 aliphatic carbocycles. The number of ether oxygens (including phenoxy) is 1. The number of aromatic nitrogens is 2. The first-order chi connectivity index (χ1) is 12.6. The number of hydrogen-bond acceptors (Lipinski definition) is 5. The van der Waals surface area contributed by atoms with Crippen LogP contribution < -0.4 is 0 Å². The average Bonchev–Trinajstić information content (AvgIpc) is 2.92. The Balaban J connectivity index is 2.39. The lowest BCUT2D eigenvalue weighted by atomic mass is 10.2. The number of carbonyl (C=O) groups excluding carboxylic acids is 1. The van der Waals surface area contributed by atoms with Gasteiger partial charge in [0.25, 0.3) is 0 Å². The zero-order chi connectivity index (χ0) is 20.2. The number of rotatable bonds is 8. The van der Waals surface area contributed by atoms with Gasteiger partial charge in [-0.25, -0.2) is 15.0 Å². The van der Waals surface area contributed by atoms with Crippen molar-refractivity contribution in [3.8, 4) is 6.07 Å². The Morgan fingerprint density at radius 2 is 2.11 bits per heavy atom. The molecular formula is C19H25BrN4O2S. The lowest BCUT2D eigenvalue weighted by molar-refractivity contribution is 0.0852. The van der Waals surface area contributed by atoms with E-state index >= 15 is 0 Å². The van der Waals surface area contributed by atoms with Gasteiger partial charge < -0.3 is 9.64 Å². The number of ketones is 1. The minimum atomic E-state index is -0.651. The predicted molar refractivity (Wildman–Crippen MR) is 115 cm³/mol. The van der Waals surface area contributed by atoms with Crippen molar-refractivity contribution < 1.29 is 9.53 Å². The van der Waals surface area contributed by atoms with Crippen LogP contribution in [0.25, 0.3) is 11.0 Å². The maximum Gasteiger partial charge on any atom is 0.240 e. The third-order valence-electron chi connectivity index (χ3n) is 3.73. The van der Waals surface area contributed by atoms with Crippen molar-refractivity contribution in [3.05, 3.63) is 40.3 Å². The summed E-state index contributed by atoms with van der Waals surface area (Å²) in [5.41, 5.74) is 1.52. The van der Waals surface area contributed by atoms with Crippen molar-refractivity contribution >= 4 is 42.8 Å². The summed E-state index contributed by atoms with van der Waals surface area (Å²) in [6, 6.07) is 7.61. The molecule has 8 heteroatoms. The molecule has 0 spiro atoms. The van der Waals surface area contributed by atoms with E-state index in [2.05, 4.69) is 39.7 Å². The van der Waals surface area contributed by atoms with Crippen molar-refractivity contribution in [2.45, 2.75) is 6.73 Å². The monoisotopic (exact) mass is 452 g/mol. The fraction of sp³-hybridized carbons (Fsp3) is 0.421. The van der Waals surface area contributed by atoms with Crippen LogP contribution >= 0.6 is 26.0 Å². The zero-order valence-electron chi connectivity index (χ0n) is 16.3. The number of nitriles is 1. The largest absolute Gasteiger partial charge is 0.382 e. The number of allylic oxidation sites excluding steroid dienone is 1. The van der Waals surface area contributed by atoms with Crippen LogP contribution in [0, 0.1) is 11.3 Å². The summed E-state index contributed by atoms with van der Waals surface area (Å²) in [5.74, 6) is 0.780. The first-order valence-corrected chi connectivity index (χ1v) is 12.2. The van der Waals surface area contributed by atoms with E-state index in [1.54, 1.807) is 23.6 Å². The number of carbonyl (C=O) groups is 1. The summed E-state index contributed by atoms with van der Waals surface area (Å²) in [7, 11) is 2.88. The zero-order valence-corrected chi connectivity index (χ0v) is 18.7. The smallest absolute Gasteiger partial charge is 0.240 e. The van der Waals surface area contributed by atoms with Gasteiger partial charge in [0, 0.05) is 30.5 Å². The van der Waals surface area contributed by atoms with E-state index in [1.807, 2.05) is 24.3 Å². The molecule has 2 aromatic rings. The molecule has 0 unspecified atom stereocenters. The lowest BCUT2D eigenvalue weighted by Gasteiger charge is -2.24. The highest BCUT2D eigenvalue weighted by molar-refractivity contribution is 9.10. The third-order valence-corrected chi connectivity index (χ3v) is 5.61. The first kappa shape index (κ1) is 21.5. The van der Waals surface area contributed by atoms with Gasteiger partial charge in [-0.15, -0.1) is 0 Å². The van der Waals surface area contributed by atoms with Gasteiger partial charge in [0.1, 0.15) is 18.4 Å². The second-order valence-electron chi connectivity index (χ2n) is 7.28. The maximum atomic E-state index is 12.9. The lowest BCUT2D eigenvalue weighted by Crippen LogP contribution is -2.17. The third kappa shape index (κ3) is 5.83. The van der Waals surface area contributed by atoms with Gasteiger partial charge >= 0.3 is 0 Å². The molecule has 0 atom stereocenters. The van der Waals surface area contributed by atoms with E-state index < -0.39 is 15.8 Å². The normalized spacial score (nSPS) is 12.9. The van der Waals surface area contributed by atoms with Gasteiger partial charge in [-0.05, 0) is 37.0 Å². The fourth-order valence-electron chi connectivity index (χ4n) is 2.39. The van der Waals surface area contributed by atoms with Crippen molar-refractivity contribution in [2.24, 2.45) is 0 Å². The second-order valence-corrected chi connectivity index (χ2v) is 12.8. The quantitative estimate of drug-likeness (QED) is 0.264. The maximum absolute atomic E-state index is 12.9. The Bertz CT molecular complexity index is 907. The molecule has 0 saturated carbocycles. The molecule has 146 valence electrons. The SMILES string of the molecule is CN(C)/C=C(\C#N)C(=O)c1nc2cc(Br)ccc2n1COCCS(C)(C)C. The minimum Gasteiger partial charge on any atom is -0.382 e. The van der Waals surface area contributed by atoms with E-state index in [4.69, 9.17) is 4.74 Å². The Morgan fingerprint density at radius 3 is 2.70 bits per heavy atom. The topological polar surface area (TPSA) is 71.2 Å². The number of Topliss-reactive ketones (excluding diaryl/α,β-unsaturated/α-hetero) is 1. The highest BCUT2D eigenvalue weighted by atomic mass is 79.9. The van der Waals surface area contributed by atoms with E-state index in [9.17, 15) is 10.1 Å². The molecule has 1 aromatic carbocycles. The number of nitrogens with zero attached hydrogens (tertiary/aromatic N) is 4. The Morgan fingerprint density at radius 1 is 1.41 bits per heavy atom. The molecule has 27 heavy (non-hydrogen) atoms. The molecule has 0 radical (unpaired) electrons. The molecule has 0 N–H and O–H groups in total. The van der Waals surface area contributed by atoms with Crippen molar-refractivity contribution in [1.82, 2.24) is 14.5 Å². The minimum absolute atomic E-state index is 0.0368. The molecule has 6 nitrogen and oxygen atoms in total. The molecule has 0 fully saturated rings. The summed E-state index contributed by atoms with van der Waals surface area (Å²) < 4.78 is 8.46. The van der Waals surface area contributed by atoms with Crippen LogP contribution in [-0.2, 0) is 11.5 Å². The number of hydrogen-bond donors (Lipinski definition) is 0. The Labute approximate surface area is 170 Å². The predicted octanol–water partition coefficient (Wildman–Crippen LogP) is 3.62. The summed E-state index contributed by atoms with van der Waals surface area (Å²) in [6.07, 6.45) is 8.22. The van der Waals surface area contributed by atoms with Gasteiger partial charge in [-0.1, -0.05) is 15.9 Å². The highest BCUT2D eigenvalue weighted by Crippen LogP contribution is 2.33.